The van der Waals surface area contributed by atoms with E-state index in [2.05, 4.69) is 5.32 Å². The van der Waals surface area contributed by atoms with Crippen molar-refractivity contribution in [1.29, 1.82) is 0 Å². The number of hydrogen-bond acceptors (Lipinski definition) is 2. The van der Waals surface area contributed by atoms with Gasteiger partial charge in [0.05, 0.1) is 19.1 Å². The first-order valence-corrected chi connectivity index (χ1v) is 4.99. The fourth-order valence-corrected chi connectivity index (χ4v) is 1.36. The van der Waals surface area contributed by atoms with Crippen LogP contribution in [0.2, 0.25) is 0 Å². The standard InChI is InChI=1S/C11H14F3NO/c12-11(13,14)6-7-15-10(8-16)9-4-2-1-3-5-9/h1-5,10,15-16H,6-8H2. The topological polar surface area (TPSA) is 32.3 Å². The van der Waals surface area contributed by atoms with Gasteiger partial charge in [-0.25, -0.2) is 0 Å². The first kappa shape index (κ1) is 13.0. The Kier molecular flexibility index (Phi) is 4.76. The zero-order valence-corrected chi connectivity index (χ0v) is 8.67. The van der Waals surface area contributed by atoms with Crippen molar-refractivity contribution in [3.63, 3.8) is 0 Å². The lowest BCUT2D eigenvalue weighted by Gasteiger charge is -2.17. The number of rotatable bonds is 5. The van der Waals surface area contributed by atoms with Crippen LogP contribution in [0.4, 0.5) is 13.2 Å². The summed E-state index contributed by atoms with van der Waals surface area (Å²) in [7, 11) is 0. The quantitative estimate of drug-likeness (QED) is 0.817. The highest BCUT2D eigenvalue weighted by Gasteiger charge is 2.26. The summed E-state index contributed by atoms with van der Waals surface area (Å²) in [5.74, 6) is 0. The van der Waals surface area contributed by atoms with E-state index in [-0.39, 0.29) is 13.2 Å². The predicted molar refractivity (Wildman–Crippen MR) is 54.9 cm³/mol. The molecule has 0 spiro atoms. The lowest BCUT2D eigenvalue weighted by Crippen LogP contribution is -2.28. The number of aliphatic hydroxyl groups is 1. The molecule has 0 aliphatic heterocycles. The van der Waals surface area contributed by atoms with Gasteiger partial charge in [-0.3, -0.25) is 0 Å². The lowest BCUT2D eigenvalue weighted by atomic mass is 10.1. The summed E-state index contributed by atoms with van der Waals surface area (Å²) < 4.78 is 35.7. The average molecular weight is 233 g/mol. The Labute approximate surface area is 92.1 Å². The van der Waals surface area contributed by atoms with E-state index in [9.17, 15) is 13.2 Å². The van der Waals surface area contributed by atoms with Crippen LogP contribution in [0.15, 0.2) is 30.3 Å². The normalized spacial score (nSPS) is 13.8. The first-order valence-electron chi connectivity index (χ1n) is 4.99. The summed E-state index contributed by atoms with van der Waals surface area (Å²) in [4.78, 5) is 0. The number of aliphatic hydroxyl groups excluding tert-OH is 1. The molecule has 0 aliphatic carbocycles. The first-order chi connectivity index (χ1) is 7.53. The molecule has 1 atom stereocenters. The van der Waals surface area contributed by atoms with Gasteiger partial charge in [-0.2, -0.15) is 13.2 Å². The van der Waals surface area contributed by atoms with Crippen molar-refractivity contribution in [3.8, 4) is 0 Å². The van der Waals surface area contributed by atoms with Gasteiger partial charge in [-0.05, 0) is 5.56 Å². The summed E-state index contributed by atoms with van der Waals surface area (Å²) in [5, 5.41) is 11.7. The fraction of sp³-hybridized carbons (Fsp3) is 0.455. The van der Waals surface area contributed by atoms with Gasteiger partial charge in [0.15, 0.2) is 0 Å². The monoisotopic (exact) mass is 233 g/mol. The van der Waals surface area contributed by atoms with Crippen molar-refractivity contribution in [1.82, 2.24) is 5.32 Å². The fourth-order valence-electron chi connectivity index (χ4n) is 1.36. The number of benzene rings is 1. The van der Waals surface area contributed by atoms with Crippen LogP contribution in [0.1, 0.15) is 18.0 Å². The van der Waals surface area contributed by atoms with Crippen LogP contribution >= 0.6 is 0 Å². The maximum Gasteiger partial charge on any atom is 0.390 e. The second kappa shape index (κ2) is 5.86. The predicted octanol–water partition coefficient (Wildman–Crippen LogP) is 2.26. The second-order valence-electron chi connectivity index (χ2n) is 3.47. The van der Waals surface area contributed by atoms with Gasteiger partial charge in [0.2, 0.25) is 0 Å². The van der Waals surface area contributed by atoms with Gasteiger partial charge in [-0.1, -0.05) is 30.3 Å². The van der Waals surface area contributed by atoms with E-state index in [0.29, 0.717) is 0 Å². The van der Waals surface area contributed by atoms with E-state index in [4.69, 9.17) is 5.11 Å². The average Bonchev–Trinajstić information content (AvgIpc) is 2.24. The minimum atomic E-state index is -4.16. The van der Waals surface area contributed by atoms with Gasteiger partial charge in [0.1, 0.15) is 0 Å². The van der Waals surface area contributed by atoms with Crippen LogP contribution in [0.25, 0.3) is 0 Å². The van der Waals surface area contributed by atoms with Crippen molar-refractivity contribution in [2.45, 2.75) is 18.6 Å². The molecule has 0 amide bonds. The third-order valence-electron chi connectivity index (χ3n) is 2.18. The number of halogens is 3. The molecule has 0 fully saturated rings. The van der Waals surface area contributed by atoms with E-state index < -0.39 is 18.6 Å². The Hall–Kier alpha value is -1.07. The van der Waals surface area contributed by atoms with Gasteiger partial charge in [0.25, 0.3) is 0 Å². The van der Waals surface area contributed by atoms with Gasteiger partial charge < -0.3 is 10.4 Å². The van der Waals surface area contributed by atoms with Gasteiger partial charge >= 0.3 is 6.18 Å². The van der Waals surface area contributed by atoms with Crippen LogP contribution in [-0.4, -0.2) is 24.4 Å². The minimum Gasteiger partial charge on any atom is -0.394 e. The number of hydrogen-bond donors (Lipinski definition) is 2. The van der Waals surface area contributed by atoms with Crippen molar-refractivity contribution in [2.24, 2.45) is 0 Å². The van der Waals surface area contributed by atoms with Gasteiger partial charge in [0, 0.05) is 6.54 Å². The molecule has 16 heavy (non-hydrogen) atoms. The molecule has 0 saturated carbocycles. The summed E-state index contributed by atoms with van der Waals surface area (Å²) in [6.07, 6.45) is -5.06. The molecule has 0 aromatic heterocycles. The molecule has 2 nitrogen and oxygen atoms in total. The smallest absolute Gasteiger partial charge is 0.390 e. The Bertz CT molecular complexity index is 300. The highest BCUT2D eigenvalue weighted by molar-refractivity contribution is 5.18. The largest absolute Gasteiger partial charge is 0.394 e. The Morgan fingerprint density at radius 2 is 1.81 bits per heavy atom. The maximum atomic E-state index is 11.9. The molecule has 0 radical (unpaired) electrons. The lowest BCUT2D eigenvalue weighted by molar-refractivity contribution is -0.133. The van der Waals surface area contributed by atoms with E-state index in [1.807, 2.05) is 6.07 Å². The third kappa shape index (κ3) is 4.63. The van der Waals surface area contributed by atoms with Crippen LogP contribution in [0.5, 0.6) is 0 Å². The Balaban J connectivity index is 2.45. The SMILES string of the molecule is OCC(NCCC(F)(F)F)c1ccccc1. The minimum absolute atomic E-state index is 0.191. The van der Waals surface area contributed by atoms with Crippen LogP contribution in [0, 0.1) is 0 Å². The Morgan fingerprint density at radius 1 is 1.19 bits per heavy atom. The van der Waals surface area contributed by atoms with Crippen LogP contribution < -0.4 is 5.32 Å². The molecule has 0 saturated heterocycles. The maximum absolute atomic E-state index is 11.9. The molecule has 5 heteroatoms. The molecular formula is C11H14F3NO. The molecule has 1 rings (SSSR count). The Morgan fingerprint density at radius 3 is 2.31 bits per heavy atom. The van der Waals surface area contributed by atoms with Crippen LogP contribution in [-0.2, 0) is 0 Å². The molecule has 1 aromatic carbocycles. The summed E-state index contributed by atoms with van der Waals surface area (Å²) in [6.45, 7) is -0.411. The molecular weight excluding hydrogens is 219 g/mol. The second-order valence-corrected chi connectivity index (χ2v) is 3.47. The van der Waals surface area contributed by atoms with Crippen molar-refractivity contribution in [3.05, 3.63) is 35.9 Å². The summed E-state index contributed by atoms with van der Waals surface area (Å²) in [5.41, 5.74) is 0.784. The highest BCUT2D eigenvalue weighted by atomic mass is 19.4. The molecule has 1 aromatic rings. The van der Waals surface area contributed by atoms with E-state index in [1.54, 1.807) is 24.3 Å². The number of alkyl halides is 3. The molecule has 0 heterocycles. The van der Waals surface area contributed by atoms with Crippen molar-refractivity contribution in [2.75, 3.05) is 13.2 Å². The van der Waals surface area contributed by atoms with Crippen LogP contribution in [0.3, 0.4) is 0 Å². The third-order valence-corrected chi connectivity index (χ3v) is 2.18. The molecule has 2 N–H and O–H groups in total. The number of nitrogens with one attached hydrogen (secondary N) is 1. The summed E-state index contributed by atoms with van der Waals surface area (Å²) in [6, 6.07) is 8.47. The molecule has 0 aliphatic rings. The molecule has 1 unspecified atom stereocenters. The summed E-state index contributed by atoms with van der Waals surface area (Å²) >= 11 is 0. The van der Waals surface area contributed by atoms with E-state index in [1.165, 1.54) is 0 Å². The molecule has 90 valence electrons. The van der Waals surface area contributed by atoms with Crippen molar-refractivity contribution < 1.29 is 18.3 Å². The zero-order chi connectivity index (χ0) is 12.0. The van der Waals surface area contributed by atoms with Gasteiger partial charge in [-0.15, -0.1) is 0 Å². The van der Waals surface area contributed by atoms with E-state index in [0.717, 1.165) is 5.56 Å². The zero-order valence-electron chi connectivity index (χ0n) is 8.67. The van der Waals surface area contributed by atoms with E-state index >= 15 is 0 Å². The highest BCUT2D eigenvalue weighted by Crippen LogP contribution is 2.19. The van der Waals surface area contributed by atoms with Crippen molar-refractivity contribution >= 4 is 0 Å². The molecule has 0 bridgehead atoms.